The standard InChI is InChI=1S/C22H21ClFN3/c23-22-19-9-11-27(15-16-5-2-1-3-6-16)12-10-20(19)25-21(26-22)14-17-7-4-8-18(24)13-17/h1-8,13H,9-12,14-15H2. The Morgan fingerprint density at radius 2 is 1.70 bits per heavy atom. The van der Waals surface area contributed by atoms with Gasteiger partial charge < -0.3 is 0 Å². The Hall–Kier alpha value is -2.30. The molecule has 0 unspecified atom stereocenters. The molecule has 3 aromatic rings. The molecular weight excluding hydrogens is 361 g/mol. The van der Waals surface area contributed by atoms with Gasteiger partial charge in [-0.1, -0.05) is 54.1 Å². The fourth-order valence-electron chi connectivity index (χ4n) is 3.56. The van der Waals surface area contributed by atoms with Crippen molar-refractivity contribution in [2.75, 3.05) is 13.1 Å². The SMILES string of the molecule is Fc1cccc(Cc2nc(Cl)c3c(n2)CCN(Cc2ccccc2)CC3)c1. The molecule has 0 amide bonds. The first-order chi connectivity index (χ1) is 13.2. The average molecular weight is 382 g/mol. The van der Waals surface area contributed by atoms with E-state index < -0.39 is 0 Å². The van der Waals surface area contributed by atoms with Crippen molar-refractivity contribution in [1.82, 2.24) is 14.9 Å². The van der Waals surface area contributed by atoms with E-state index in [1.54, 1.807) is 6.07 Å². The van der Waals surface area contributed by atoms with E-state index in [-0.39, 0.29) is 5.82 Å². The maximum absolute atomic E-state index is 13.4. The molecule has 0 aliphatic carbocycles. The van der Waals surface area contributed by atoms with Gasteiger partial charge in [0.1, 0.15) is 16.8 Å². The summed E-state index contributed by atoms with van der Waals surface area (Å²) in [5, 5.41) is 0.535. The quantitative estimate of drug-likeness (QED) is 0.625. The molecule has 2 heterocycles. The molecular formula is C22H21ClFN3. The van der Waals surface area contributed by atoms with E-state index in [2.05, 4.69) is 34.1 Å². The number of halogens is 2. The predicted octanol–water partition coefficient (Wildman–Crippen LogP) is 4.46. The van der Waals surface area contributed by atoms with E-state index >= 15 is 0 Å². The molecule has 0 radical (unpaired) electrons. The summed E-state index contributed by atoms with van der Waals surface area (Å²) in [5.74, 6) is 0.408. The van der Waals surface area contributed by atoms with E-state index in [4.69, 9.17) is 16.6 Å². The van der Waals surface area contributed by atoms with Gasteiger partial charge in [-0.05, 0) is 29.7 Å². The molecule has 0 spiro atoms. The van der Waals surface area contributed by atoms with E-state index in [1.807, 2.05) is 12.1 Å². The van der Waals surface area contributed by atoms with Gasteiger partial charge in [-0.2, -0.15) is 0 Å². The maximum Gasteiger partial charge on any atom is 0.136 e. The molecule has 0 fully saturated rings. The summed E-state index contributed by atoms with van der Waals surface area (Å²) in [6.07, 6.45) is 2.18. The van der Waals surface area contributed by atoms with Crippen molar-refractivity contribution in [3.63, 3.8) is 0 Å². The van der Waals surface area contributed by atoms with Gasteiger partial charge in [0.15, 0.2) is 0 Å². The molecule has 0 N–H and O–H groups in total. The summed E-state index contributed by atoms with van der Waals surface area (Å²) in [6, 6.07) is 17.0. The van der Waals surface area contributed by atoms with E-state index in [0.717, 1.165) is 49.3 Å². The number of hydrogen-bond donors (Lipinski definition) is 0. The summed E-state index contributed by atoms with van der Waals surface area (Å²) in [7, 11) is 0. The molecule has 27 heavy (non-hydrogen) atoms. The molecule has 2 aromatic carbocycles. The number of nitrogens with zero attached hydrogens (tertiary/aromatic N) is 3. The summed E-state index contributed by atoms with van der Waals surface area (Å²) in [5.41, 5.74) is 4.24. The molecule has 4 rings (SSSR count). The van der Waals surface area contributed by atoms with Crippen LogP contribution < -0.4 is 0 Å². The molecule has 138 valence electrons. The number of aromatic nitrogens is 2. The largest absolute Gasteiger partial charge is 0.298 e. The van der Waals surface area contributed by atoms with Gasteiger partial charge in [0.05, 0.1) is 5.69 Å². The minimum Gasteiger partial charge on any atom is -0.298 e. The third-order valence-electron chi connectivity index (χ3n) is 4.93. The summed E-state index contributed by atoms with van der Waals surface area (Å²) >= 11 is 6.48. The molecule has 5 heteroatoms. The van der Waals surface area contributed by atoms with Crippen LogP contribution in [0.1, 0.15) is 28.2 Å². The summed E-state index contributed by atoms with van der Waals surface area (Å²) in [4.78, 5) is 11.7. The lowest BCUT2D eigenvalue weighted by Gasteiger charge is -2.19. The van der Waals surface area contributed by atoms with Crippen molar-refractivity contribution in [2.24, 2.45) is 0 Å². The van der Waals surface area contributed by atoms with E-state index in [9.17, 15) is 4.39 Å². The first-order valence-electron chi connectivity index (χ1n) is 9.22. The Bertz CT molecular complexity index is 930. The van der Waals surface area contributed by atoms with Crippen molar-refractivity contribution in [2.45, 2.75) is 25.8 Å². The lowest BCUT2D eigenvalue weighted by molar-refractivity contribution is 0.279. The molecule has 0 bridgehead atoms. The van der Waals surface area contributed by atoms with Gasteiger partial charge in [-0.15, -0.1) is 0 Å². The van der Waals surface area contributed by atoms with Crippen molar-refractivity contribution in [3.05, 3.63) is 93.8 Å². The maximum atomic E-state index is 13.4. The van der Waals surface area contributed by atoms with Crippen molar-refractivity contribution in [1.29, 1.82) is 0 Å². The first-order valence-corrected chi connectivity index (χ1v) is 9.60. The van der Waals surface area contributed by atoms with Crippen LogP contribution in [0.2, 0.25) is 5.15 Å². The van der Waals surface area contributed by atoms with E-state index in [0.29, 0.717) is 17.4 Å². The Balaban J connectivity index is 1.50. The lowest BCUT2D eigenvalue weighted by Crippen LogP contribution is -2.25. The molecule has 0 atom stereocenters. The van der Waals surface area contributed by atoms with E-state index in [1.165, 1.54) is 17.7 Å². The van der Waals surface area contributed by atoms with Gasteiger partial charge in [0.25, 0.3) is 0 Å². The third-order valence-corrected chi connectivity index (χ3v) is 5.24. The zero-order chi connectivity index (χ0) is 18.6. The van der Waals surface area contributed by atoms with Crippen molar-refractivity contribution >= 4 is 11.6 Å². The Kier molecular flexibility index (Phi) is 5.46. The Morgan fingerprint density at radius 1 is 0.926 bits per heavy atom. The highest BCUT2D eigenvalue weighted by atomic mass is 35.5. The topological polar surface area (TPSA) is 29.0 Å². The molecule has 1 aliphatic heterocycles. The minimum absolute atomic E-state index is 0.245. The van der Waals surface area contributed by atoms with Gasteiger partial charge >= 0.3 is 0 Å². The third kappa shape index (κ3) is 4.52. The molecule has 1 aliphatic rings. The normalized spacial score (nSPS) is 14.6. The fourth-order valence-corrected chi connectivity index (χ4v) is 3.86. The fraction of sp³-hybridized carbons (Fsp3) is 0.273. The van der Waals surface area contributed by atoms with Crippen LogP contribution in [0.4, 0.5) is 4.39 Å². The van der Waals surface area contributed by atoms with Crippen LogP contribution in [-0.2, 0) is 25.8 Å². The van der Waals surface area contributed by atoms with Crippen LogP contribution in [0.25, 0.3) is 0 Å². The highest BCUT2D eigenvalue weighted by molar-refractivity contribution is 6.30. The van der Waals surface area contributed by atoms with Gasteiger partial charge in [-0.25, -0.2) is 14.4 Å². The highest BCUT2D eigenvalue weighted by Gasteiger charge is 2.19. The monoisotopic (exact) mass is 381 g/mol. The Labute approximate surface area is 163 Å². The lowest BCUT2D eigenvalue weighted by atomic mass is 10.1. The smallest absolute Gasteiger partial charge is 0.136 e. The second-order valence-electron chi connectivity index (χ2n) is 6.92. The Morgan fingerprint density at radius 3 is 2.52 bits per heavy atom. The number of benzene rings is 2. The zero-order valence-electron chi connectivity index (χ0n) is 15.0. The number of fused-ring (bicyclic) bond motifs is 1. The van der Waals surface area contributed by atoms with Gasteiger partial charge in [0, 0.05) is 38.0 Å². The molecule has 0 saturated heterocycles. The van der Waals surface area contributed by atoms with Crippen molar-refractivity contribution < 1.29 is 4.39 Å². The average Bonchev–Trinajstić information content (AvgIpc) is 2.86. The van der Waals surface area contributed by atoms with Crippen LogP contribution in [-0.4, -0.2) is 28.0 Å². The first kappa shape index (κ1) is 18.1. The van der Waals surface area contributed by atoms with Gasteiger partial charge in [0.2, 0.25) is 0 Å². The number of rotatable bonds is 4. The zero-order valence-corrected chi connectivity index (χ0v) is 15.8. The number of hydrogen-bond acceptors (Lipinski definition) is 3. The molecule has 1 aromatic heterocycles. The second kappa shape index (κ2) is 8.15. The summed E-state index contributed by atoms with van der Waals surface area (Å²) in [6.45, 7) is 2.80. The van der Waals surface area contributed by atoms with Gasteiger partial charge in [-0.3, -0.25) is 4.90 Å². The van der Waals surface area contributed by atoms with Crippen LogP contribution in [0.15, 0.2) is 54.6 Å². The molecule has 0 saturated carbocycles. The van der Waals surface area contributed by atoms with Crippen molar-refractivity contribution in [3.8, 4) is 0 Å². The predicted molar refractivity (Wildman–Crippen MR) is 105 cm³/mol. The van der Waals surface area contributed by atoms with Crippen LogP contribution in [0, 0.1) is 5.82 Å². The summed E-state index contributed by atoms with van der Waals surface area (Å²) < 4.78 is 13.4. The second-order valence-corrected chi connectivity index (χ2v) is 7.28. The van der Waals surface area contributed by atoms with Crippen LogP contribution >= 0.6 is 11.6 Å². The highest BCUT2D eigenvalue weighted by Crippen LogP contribution is 2.23. The van der Waals surface area contributed by atoms with Crippen LogP contribution in [0.3, 0.4) is 0 Å². The molecule has 3 nitrogen and oxygen atoms in total. The minimum atomic E-state index is -0.245. The van der Waals surface area contributed by atoms with Crippen LogP contribution in [0.5, 0.6) is 0 Å².